The summed E-state index contributed by atoms with van der Waals surface area (Å²) in [5.74, 6) is 0.0741. The van der Waals surface area contributed by atoms with Crippen LogP contribution in [0.2, 0.25) is 0 Å². The van der Waals surface area contributed by atoms with Gasteiger partial charge in [0.2, 0.25) is 0 Å². The Morgan fingerprint density at radius 3 is 2.97 bits per heavy atom. The molecule has 1 amide bonds. The number of allylic oxidation sites excluding steroid dienone is 3. The molecule has 0 spiro atoms. The Bertz CT molecular complexity index is 1180. The number of amides is 1. The van der Waals surface area contributed by atoms with Gasteiger partial charge in [0.25, 0.3) is 5.91 Å². The Morgan fingerprint density at radius 1 is 1.44 bits per heavy atom. The molecular weight excluding hydrogens is 461 g/mol. The molecule has 0 radical (unpaired) electrons. The largest absolute Gasteiger partial charge is 0.494 e. The maximum atomic E-state index is 14.4. The number of fused-ring (bicyclic) bond motifs is 1. The highest BCUT2D eigenvalue weighted by Crippen LogP contribution is 2.40. The molecule has 1 aromatic carbocycles. The number of nitrogens with zero attached hydrogens (tertiary/aromatic N) is 2. The number of carbonyl (C=O) groups is 1. The molecule has 1 aliphatic carbocycles. The average molecular weight is 494 g/mol. The Morgan fingerprint density at radius 2 is 2.28 bits per heavy atom. The van der Waals surface area contributed by atoms with Crippen molar-refractivity contribution in [1.29, 1.82) is 5.41 Å². The number of amidine groups is 1. The quantitative estimate of drug-likeness (QED) is 0.480. The third kappa shape index (κ3) is 5.62. The molecule has 2 aliphatic heterocycles. The van der Waals surface area contributed by atoms with Crippen molar-refractivity contribution < 1.29 is 18.7 Å². The van der Waals surface area contributed by atoms with E-state index >= 15 is 0 Å². The maximum absolute atomic E-state index is 14.4. The van der Waals surface area contributed by atoms with Gasteiger partial charge < -0.3 is 30.5 Å². The van der Waals surface area contributed by atoms with E-state index < -0.39 is 17.3 Å². The number of nitrogens with one attached hydrogen (secondary N) is 3. The molecule has 36 heavy (non-hydrogen) atoms. The van der Waals surface area contributed by atoms with Crippen LogP contribution < -0.4 is 15.4 Å². The van der Waals surface area contributed by atoms with Gasteiger partial charge in [0.05, 0.1) is 25.8 Å². The van der Waals surface area contributed by atoms with Crippen molar-refractivity contribution in [2.24, 2.45) is 15.4 Å². The first-order chi connectivity index (χ1) is 17.3. The summed E-state index contributed by atoms with van der Waals surface area (Å²) in [5, 5.41) is 14.7. The van der Waals surface area contributed by atoms with Crippen LogP contribution in [0.1, 0.15) is 37.8 Å². The van der Waals surface area contributed by atoms with Gasteiger partial charge in [-0.05, 0) is 35.8 Å². The minimum Gasteiger partial charge on any atom is -0.494 e. The number of halogens is 1. The molecule has 1 fully saturated rings. The van der Waals surface area contributed by atoms with Gasteiger partial charge in [-0.15, -0.1) is 0 Å². The number of hydrogen-bond acceptors (Lipinski definition) is 6. The zero-order valence-corrected chi connectivity index (χ0v) is 20.8. The van der Waals surface area contributed by atoms with Crippen molar-refractivity contribution in [3.63, 3.8) is 0 Å². The molecule has 3 N–H and O–H groups in total. The van der Waals surface area contributed by atoms with E-state index in [0.717, 1.165) is 24.4 Å². The van der Waals surface area contributed by atoms with E-state index in [1.165, 1.54) is 19.2 Å². The van der Waals surface area contributed by atoms with Crippen LogP contribution >= 0.6 is 0 Å². The van der Waals surface area contributed by atoms with Crippen LogP contribution in [0.15, 0.2) is 63.8 Å². The molecule has 8 nitrogen and oxygen atoms in total. The highest BCUT2D eigenvalue weighted by molar-refractivity contribution is 6.03. The van der Waals surface area contributed by atoms with Crippen LogP contribution in [-0.4, -0.2) is 57.1 Å². The summed E-state index contributed by atoms with van der Waals surface area (Å²) in [6, 6.07) is 3.77. The van der Waals surface area contributed by atoms with Crippen LogP contribution in [0.4, 0.5) is 4.39 Å². The van der Waals surface area contributed by atoms with Crippen molar-refractivity contribution in [2.45, 2.75) is 38.3 Å². The molecule has 3 aliphatic rings. The van der Waals surface area contributed by atoms with Gasteiger partial charge in [-0.25, -0.2) is 4.39 Å². The number of methoxy groups -OCH3 is 1. The lowest BCUT2D eigenvalue weighted by molar-refractivity contribution is -0.117. The smallest absolute Gasteiger partial charge is 0.251 e. The van der Waals surface area contributed by atoms with Crippen molar-refractivity contribution >= 4 is 23.7 Å². The second-order valence-electron chi connectivity index (χ2n) is 9.34. The molecule has 0 saturated carbocycles. The molecule has 1 saturated heterocycles. The molecule has 9 heteroatoms. The number of carbonyl (C=O) groups excluding carboxylic acids is 1. The van der Waals surface area contributed by atoms with E-state index in [9.17, 15) is 9.18 Å². The lowest BCUT2D eigenvalue weighted by Gasteiger charge is -2.35. The van der Waals surface area contributed by atoms with Crippen LogP contribution in [0, 0.1) is 16.6 Å². The topological polar surface area (TPSA) is 108 Å². The predicted molar refractivity (Wildman–Crippen MR) is 138 cm³/mol. The summed E-state index contributed by atoms with van der Waals surface area (Å²) in [4.78, 5) is 22.1. The van der Waals surface area contributed by atoms with E-state index in [1.807, 2.05) is 18.4 Å². The molecule has 0 aromatic heterocycles. The van der Waals surface area contributed by atoms with Crippen LogP contribution in [0.3, 0.4) is 0 Å². The van der Waals surface area contributed by atoms with Gasteiger partial charge in [0, 0.05) is 55.6 Å². The Balaban J connectivity index is 1.56. The second-order valence-corrected chi connectivity index (χ2v) is 9.34. The minimum atomic E-state index is -0.817. The molecule has 4 rings (SSSR count). The first-order valence-corrected chi connectivity index (χ1v) is 12.0. The first kappa shape index (κ1) is 25.5. The second kappa shape index (κ2) is 11.0. The third-order valence-corrected chi connectivity index (χ3v) is 6.64. The van der Waals surface area contributed by atoms with Crippen molar-refractivity contribution in [1.82, 2.24) is 10.6 Å². The molecule has 3 unspecified atom stereocenters. The highest BCUT2D eigenvalue weighted by atomic mass is 19.1. The van der Waals surface area contributed by atoms with Crippen LogP contribution in [0.25, 0.3) is 0 Å². The number of rotatable bonds is 8. The minimum absolute atomic E-state index is 0.100. The molecule has 2 heterocycles. The Labute approximate surface area is 210 Å². The zero-order chi connectivity index (χ0) is 25.7. The molecular formula is C27H32FN5O3. The zero-order valence-electron chi connectivity index (χ0n) is 20.8. The van der Waals surface area contributed by atoms with Gasteiger partial charge in [-0.3, -0.25) is 9.79 Å². The van der Waals surface area contributed by atoms with Gasteiger partial charge in [-0.2, -0.15) is 0 Å². The summed E-state index contributed by atoms with van der Waals surface area (Å²) in [5.41, 5.74) is 1.78. The van der Waals surface area contributed by atoms with Gasteiger partial charge >= 0.3 is 0 Å². The molecule has 1 aromatic rings. The normalized spacial score (nSPS) is 25.1. The maximum Gasteiger partial charge on any atom is 0.251 e. The SMILES string of the molecule is CN=CCC(=N)C(NC(=O)C1=CC2(C)CC(=NC3CCOC3)NC=C2C=C1)c1ccc(OC)c(F)c1. The summed E-state index contributed by atoms with van der Waals surface area (Å²) in [6.45, 7) is 3.43. The Hall–Kier alpha value is -3.59. The monoisotopic (exact) mass is 493 g/mol. The van der Waals surface area contributed by atoms with Crippen molar-refractivity contribution in [3.05, 3.63) is 65.2 Å². The average Bonchev–Trinajstić information content (AvgIpc) is 3.37. The molecule has 190 valence electrons. The number of aliphatic imine (C=N–C) groups is 2. The summed E-state index contributed by atoms with van der Waals surface area (Å²) in [7, 11) is 3.01. The standard InChI is InChI=1S/C27H32FN5O3/c1-27-13-18(4-6-19(27)15-31-24(14-27)32-20-9-11-36-16-20)26(34)33-25(22(29)8-10-30-2)17-5-7-23(35-3)21(28)12-17/h4-7,10,12-13,15,20,25,29H,8-9,11,14,16H2,1-3H3,(H,31,32)(H,33,34). The van der Waals surface area contributed by atoms with Crippen molar-refractivity contribution in [2.75, 3.05) is 27.4 Å². The van der Waals surface area contributed by atoms with E-state index in [1.54, 1.807) is 25.4 Å². The summed E-state index contributed by atoms with van der Waals surface area (Å²) >= 11 is 0. The van der Waals surface area contributed by atoms with Gasteiger partial charge in [0.15, 0.2) is 11.6 Å². The fraction of sp³-hybridized carbons (Fsp3) is 0.407. The van der Waals surface area contributed by atoms with E-state index in [0.29, 0.717) is 24.2 Å². The van der Waals surface area contributed by atoms with Crippen molar-refractivity contribution in [3.8, 4) is 5.75 Å². The third-order valence-electron chi connectivity index (χ3n) is 6.64. The number of benzene rings is 1. The lowest BCUT2D eigenvalue weighted by Crippen LogP contribution is -2.38. The summed E-state index contributed by atoms with van der Waals surface area (Å²) in [6.07, 6.45) is 10.9. The van der Waals surface area contributed by atoms with Crippen LogP contribution in [0.5, 0.6) is 5.75 Å². The van der Waals surface area contributed by atoms with E-state index in [4.69, 9.17) is 19.9 Å². The number of ether oxygens (including phenoxy) is 2. The first-order valence-electron chi connectivity index (χ1n) is 12.0. The molecule has 3 atom stereocenters. The fourth-order valence-electron chi connectivity index (χ4n) is 4.59. The fourth-order valence-corrected chi connectivity index (χ4v) is 4.59. The Kier molecular flexibility index (Phi) is 7.79. The van der Waals surface area contributed by atoms with Gasteiger partial charge in [-0.1, -0.05) is 25.1 Å². The number of hydrogen-bond donors (Lipinski definition) is 3. The van der Waals surface area contributed by atoms with E-state index in [-0.39, 0.29) is 29.8 Å². The summed E-state index contributed by atoms with van der Waals surface area (Å²) < 4.78 is 24.9. The molecule has 0 bridgehead atoms. The predicted octanol–water partition coefficient (Wildman–Crippen LogP) is 3.67. The highest BCUT2D eigenvalue weighted by Gasteiger charge is 2.35. The van der Waals surface area contributed by atoms with E-state index in [2.05, 4.69) is 22.5 Å². The lowest BCUT2D eigenvalue weighted by atomic mass is 9.73. The van der Waals surface area contributed by atoms with Gasteiger partial charge in [0.1, 0.15) is 5.84 Å². The van der Waals surface area contributed by atoms with Crippen LogP contribution in [-0.2, 0) is 9.53 Å².